The van der Waals surface area contributed by atoms with Crippen molar-refractivity contribution in [2.45, 2.75) is 77.8 Å². The number of benzene rings is 1. The van der Waals surface area contributed by atoms with Crippen molar-refractivity contribution in [2.75, 3.05) is 32.0 Å². The first-order valence-corrected chi connectivity index (χ1v) is 16.3. The Kier molecular flexibility index (Phi) is 9.96. The number of nitrogens with zero attached hydrogens (tertiary/aromatic N) is 1. The molecular formula is C34H42N4O6S. The number of aromatic nitrogens is 1. The third-order valence-corrected chi connectivity index (χ3v) is 9.57. The van der Waals surface area contributed by atoms with Gasteiger partial charge in [-0.05, 0) is 79.3 Å². The van der Waals surface area contributed by atoms with Crippen molar-refractivity contribution in [3.8, 4) is 28.4 Å². The highest BCUT2D eigenvalue weighted by Gasteiger charge is 2.30. The third kappa shape index (κ3) is 6.78. The summed E-state index contributed by atoms with van der Waals surface area (Å²) in [4.78, 5) is 45.7. The summed E-state index contributed by atoms with van der Waals surface area (Å²) in [6, 6.07) is 5.89. The zero-order valence-electron chi connectivity index (χ0n) is 26.8. The molecule has 0 radical (unpaired) electrons. The predicted octanol–water partition coefficient (Wildman–Crippen LogP) is 5.66. The van der Waals surface area contributed by atoms with Crippen molar-refractivity contribution in [2.24, 2.45) is 5.92 Å². The molecule has 2 atom stereocenters. The van der Waals surface area contributed by atoms with E-state index >= 15 is 0 Å². The van der Waals surface area contributed by atoms with Crippen LogP contribution < -0.4 is 35.6 Å². The standard InChI is InChI=1S/C34H42N4O6S/c1-18(2)30(33(41)38-34-37-25-10-8-7-9-11-28(25)45-34)36-24-15-13-21-22(17-26(24)40)23(35-19(3)39)14-12-20-16-27(42-4)31(43-5)32(44-6)29(20)21/h13,15-18,23,30H,7-12,14H2,1-6H3,(H,35,39)(H,36,40)(H,37,38,41)/t23-,30+/m0/s1. The third-order valence-electron chi connectivity index (χ3n) is 8.50. The zero-order valence-corrected chi connectivity index (χ0v) is 27.6. The lowest BCUT2D eigenvalue weighted by molar-refractivity contribution is -0.120. The first-order valence-electron chi connectivity index (χ1n) is 15.5. The zero-order chi connectivity index (χ0) is 32.2. The van der Waals surface area contributed by atoms with Gasteiger partial charge in [0, 0.05) is 17.4 Å². The fraction of sp³-hybridized carbons (Fsp3) is 0.471. The Morgan fingerprint density at radius 2 is 1.73 bits per heavy atom. The molecule has 1 heterocycles. The van der Waals surface area contributed by atoms with Gasteiger partial charge < -0.3 is 30.2 Å². The number of nitrogens with one attached hydrogen (secondary N) is 3. The largest absolute Gasteiger partial charge is 0.493 e. The van der Waals surface area contributed by atoms with Gasteiger partial charge in [0.25, 0.3) is 0 Å². The Balaban J connectivity index is 1.55. The van der Waals surface area contributed by atoms with E-state index in [1.807, 2.05) is 26.0 Å². The molecule has 0 unspecified atom stereocenters. The van der Waals surface area contributed by atoms with Gasteiger partial charge in [0.1, 0.15) is 6.04 Å². The maximum Gasteiger partial charge on any atom is 0.248 e. The number of carbonyl (C=O) groups is 2. The van der Waals surface area contributed by atoms with Gasteiger partial charge in [-0.1, -0.05) is 26.3 Å². The lowest BCUT2D eigenvalue weighted by Crippen LogP contribution is -2.39. The molecule has 240 valence electrons. The molecule has 2 aromatic carbocycles. The predicted molar refractivity (Wildman–Crippen MR) is 177 cm³/mol. The molecule has 10 nitrogen and oxygen atoms in total. The molecule has 0 spiro atoms. The monoisotopic (exact) mass is 634 g/mol. The van der Waals surface area contributed by atoms with Crippen molar-refractivity contribution in [3.05, 3.63) is 56.2 Å². The van der Waals surface area contributed by atoms with Crippen molar-refractivity contribution < 1.29 is 23.8 Å². The van der Waals surface area contributed by atoms with Crippen LogP contribution in [0.2, 0.25) is 0 Å². The highest BCUT2D eigenvalue weighted by molar-refractivity contribution is 7.15. The van der Waals surface area contributed by atoms with Crippen LogP contribution in [0.25, 0.3) is 11.1 Å². The van der Waals surface area contributed by atoms with Crippen LogP contribution in [0, 0.1) is 5.92 Å². The number of amides is 2. The maximum absolute atomic E-state index is 13.8. The lowest BCUT2D eigenvalue weighted by Gasteiger charge is -2.21. The summed E-state index contributed by atoms with van der Waals surface area (Å²) in [7, 11) is 4.68. The SMILES string of the molecule is COc1cc2c(c(OC)c1OC)-c1ccc(N[C@@H](C(=O)Nc3nc4c(s3)CCCCC4)C(C)C)c(=O)cc1[C@@H](NC(C)=O)CC2. The Bertz CT molecular complexity index is 1630. The molecule has 0 saturated heterocycles. The van der Waals surface area contributed by atoms with Crippen LogP contribution in [-0.4, -0.2) is 44.2 Å². The summed E-state index contributed by atoms with van der Waals surface area (Å²) in [5.41, 5.74) is 4.14. The summed E-state index contributed by atoms with van der Waals surface area (Å²) in [5.74, 6) is 0.864. The maximum atomic E-state index is 13.8. The Morgan fingerprint density at radius 3 is 2.42 bits per heavy atom. The average Bonchev–Trinajstić information content (AvgIpc) is 3.11. The Hall–Kier alpha value is -4.12. The number of carbonyl (C=O) groups excluding carboxylic acids is 2. The average molecular weight is 635 g/mol. The number of hydrogen-bond donors (Lipinski definition) is 3. The topological polar surface area (TPSA) is 128 Å². The fourth-order valence-corrected chi connectivity index (χ4v) is 7.35. The number of aryl methyl sites for hydroxylation is 3. The van der Waals surface area contributed by atoms with E-state index in [1.54, 1.807) is 44.8 Å². The van der Waals surface area contributed by atoms with Gasteiger partial charge >= 0.3 is 0 Å². The number of anilines is 2. The summed E-state index contributed by atoms with van der Waals surface area (Å²) in [6.45, 7) is 5.33. The summed E-state index contributed by atoms with van der Waals surface area (Å²) in [6.07, 6.45) is 6.53. The number of ether oxygens (including phenoxy) is 3. The van der Waals surface area contributed by atoms with E-state index in [1.165, 1.54) is 18.2 Å². The molecule has 0 bridgehead atoms. The second kappa shape index (κ2) is 13.9. The Morgan fingerprint density at radius 1 is 0.978 bits per heavy atom. The number of rotatable bonds is 9. The van der Waals surface area contributed by atoms with E-state index in [-0.39, 0.29) is 28.8 Å². The first-order chi connectivity index (χ1) is 21.6. The summed E-state index contributed by atoms with van der Waals surface area (Å²) < 4.78 is 17.2. The molecule has 3 N–H and O–H groups in total. The molecule has 1 aromatic heterocycles. The van der Waals surface area contributed by atoms with Crippen LogP contribution in [-0.2, 0) is 28.9 Å². The van der Waals surface area contributed by atoms with Crippen LogP contribution >= 0.6 is 11.3 Å². The molecular weight excluding hydrogens is 592 g/mol. The minimum atomic E-state index is -0.694. The molecule has 0 fully saturated rings. The van der Waals surface area contributed by atoms with Gasteiger partial charge in [-0.25, -0.2) is 4.98 Å². The number of hydrogen-bond acceptors (Lipinski definition) is 9. The van der Waals surface area contributed by atoms with E-state index in [2.05, 4.69) is 16.0 Å². The molecule has 0 saturated carbocycles. The molecule has 2 aliphatic carbocycles. The molecule has 0 aliphatic heterocycles. The first kappa shape index (κ1) is 32.3. The number of thiazole rings is 1. The molecule has 5 rings (SSSR count). The van der Waals surface area contributed by atoms with E-state index < -0.39 is 12.1 Å². The number of methoxy groups -OCH3 is 3. The van der Waals surface area contributed by atoms with Gasteiger partial charge in [0.15, 0.2) is 16.6 Å². The van der Waals surface area contributed by atoms with Crippen molar-refractivity contribution >= 4 is 34.0 Å². The minimum Gasteiger partial charge on any atom is -0.493 e. The normalized spacial score (nSPS) is 16.2. The smallest absolute Gasteiger partial charge is 0.248 e. The molecule has 11 heteroatoms. The second-order valence-corrected chi connectivity index (χ2v) is 13.0. The quantitative estimate of drug-likeness (QED) is 0.257. The van der Waals surface area contributed by atoms with Crippen molar-refractivity contribution in [1.29, 1.82) is 0 Å². The highest BCUT2D eigenvalue weighted by atomic mass is 32.1. The second-order valence-electron chi connectivity index (χ2n) is 11.9. The van der Waals surface area contributed by atoms with Crippen LogP contribution in [0.4, 0.5) is 10.8 Å². The van der Waals surface area contributed by atoms with E-state index in [4.69, 9.17) is 19.2 Å². The Labute approximate surface area is 267 Å². The van der Waals surface area contributed by atoms with E-state index in [0.717, 1.165) is 48.1 Å². The molecule has 2 aliphatic rings. The number of fused-ring (bicyclic) bond motifs is 4. The van der Waals surface area contributed by atoms with Gasteiger partial charge in [-0.15, -0.1) is 11.3 Å². The van der Waals surface area contributed by atoms with Crippen molar-refractivity contribution in [1.82, 2.24) is 10.3 Å². The molecule has 45 heavy (non-hydrogen) atoms. The van der Waals surface area contributed by atoms with Gasteiger partial charge in [0.2, 0.25) is 23.0 Å². The lowest BCUT2D eigenvalue weighted by atomic mass is 9.95. The van der Waals surface area contributed by atoms with Crippen LogP contribution in [0.15, 0.2) is 29.1 Å². The van der Waals surface area contributed by atoms with Crippen LogP contribution in [0.3, 0.4) is 0 Å². The van der Waals surface area contributed by atoms with E-state index in [9.17, 15) is 14.4 Å². The van der Waals surface area contributed by atoms with Crippen LogP contribution in [0.5, 0.6) is 17.2 Å². The van der Waals surface area contributed by atoms with Gasteiger partial charge in [0.05, 0.1) is 38.8 Å². The highest BCUT2D eigenvalue weighted by Crippen LogP contribution is 2.50. The minimum absolute atomic E-state index is 0.129. The van der Waals surface area contributed by atoms with Crippen LogP contribution in [0.1, 0.15) is 74.2 Å². The molecule has 3 aromatic rings. The van der Waals surface area contributed by atoms with Gasteiger partial charge in [-0.2, -0.15) is 0 Å². The summed E-state index contributed by atoms with van der Waals surface area (Å²) in [5, 5.41) is 9.86. The van der Waals surface area contributed by atoms with Crippen molar-refractivity contribution in [3.63, 3.8) is 0 Å². The van der Waals surface area contributed by atoms with E-state index in [0.29, 0.717) is 40.8 Å². The molecule has 2 amide bonds. The summed E-state index contributed by atoms with van der Waals surface area (Å²) >= 11 is 1.54. The van der Waals surface area contributed by atoms with Gasteiger partial charge in [-0.3, -0.25) is 14.4 Å². The fourth-order valence-electron chi connectivity index (χ4n) is 6.29.